The molecule has 0 aliphatic heterocycles. The number of nitrogens with zero attached hydrogens (tertiary/aromatic N) is 4. The van der Waals surface area contributed by atoms with Crippen molar-refractivity contribution in [2.75, 3.05) is 0 Å². The summed E-state index contributed by atoms with van der Waals surface area (Å²) in [6.45, 7) is 0. The molecule has 28 heavy (non-hydrogen) atoms. The van der Waals surface area contributed by atoms with E-state index < -0.39 is 4.92 Å². The molecule has 0 bridgehead atoms. The van der Waals surface area contributed by atoms with E-state index in [1.807, 2.05) is 54.6 Å². The number of H-pyrrole nitrogens is 1. The number of halogens is 2. The zero-order valence-corrected chi connectivity index (χ0v) is 17.2. The summed E-state index contributed by atoms with van der Waals surface area (Å²) in [5, 5.41) is 22.7. The molecule has 1 N–H and O–H groups in total. The first kappa shape index (κ1) is 19.9. The van der Waals surface area contributed by atoms with Gasteiger partial charge in [0.2, 0.25) is 0 Å². The number of aromatic amines is 1. The van der Waals surface area contributed by atoms with Gasteiger partial charge in [0.25, 0.3) is 5.69 Å². The van der Waals surface area contributed by atoms with Gasteiger partial charge in [0.05, 0.1) is 10.0 Å². The van der Waals surface area contributed by atoms with Crippen molar-refractivity contribution in [2.45, 2.75) is 0 Å². The molecule has 0 radical (unpaired) electrons. The van der Waals surface area contributed by atoms with E-state index in [1.54, 1.807) is 12.1 Å². The van der Waals surface area contributed by atoms with Crippen molar-refractivity contribution >= 4 is 28.3 Å². The van der Waals surface area contributed by atoms with Crippen molar-refractivity contribution in [3.63, 3.8) is 0 Å². The van der Waals surface area contributed by atoms with E-state index in [-0.39, 0.29) is 18.1 Å². The Balaban J connectivity index is 0.00000225. The Bertz CT molecular complexity index is 1120. The highest BCUT2D eigenvalue weighted by Gasteiger charge is 2.21. The van der Waals surface area contributed by atoms with Crippen LogP contribution in [-0.4, -0.2) is 20.3 Å². The highest BCUT2D eigenvalue weighted by atomic mass is 127. The highest BCUT2D eigenvalue weighted by molar-refractivity contribution is 14.1. The Morgan fingerprint density at radius 3 is 2.36 bits per heavy atom. The average Bonchev–Trinajstić information content (AvgIpc) is 3.19. The third-order valence-corrected chi connectivity index (χ3v) is 4.79. The molecule has 0 saturated heterocycles. The Kier molecular flexibility index (Phi) is 6.00. The third-order valence-electron chi connectivity index (χ3n) is 4.07. The molecule has 0 unspecified atom stereocenters. The Morgan fingerprint density at radius 1 is 0.964 bits per heavy atom. The van der Waals surface area contributed by atoms with Crippen molar-refractivity contribution in [1.29, 1.82) is 0 Å². The second-order valence-electron chi connectivity index (χ2n) is 5.79. The van der Waals surface area contributed by atoms with Crippen LogP contribution in [0.5, 0.6) is 0 Å². The van der Waals surface area contributed by atoms with Crippen molar-refractivity contribution in [3.8, 4) is 28.2 Å². The smallest absolute Gasteiger partial charge is 0.313 e. The molecular weight excluding hydrogens is 493 g/mol. The topological polar surface area (TPSA) is 88.6 Å². The molecule has 7 nitrogen and oxygen atoms in total. The lowest BCUT2D eigenvalue weighted by Gasteiger charge is -2.05. The van der Waals surface area contributed by atoms with E-state index in [1.165, 1.54) is 10.9 Å². The van der Waals surface area contributed by atoms with Crippen LogP contribution in [0, 0.1) is 13.7 Å². The number of aromatic nitrogens is 4. The second kappa shape index (κ2) is 8.44. The molecule has 0 atom stereocenters. The number of nitro groups is 1. The van der Waals surface area contributed by atoms with Gasteiger partial charge in [0.15, 0.2) is 10.9 Å². The van der Waals surface area contributed by atoms with Gasteiger partial charge in [0.1, 0.15) is 0 Å². The summed E-state index contributed by atoms with van der Waals surface area (Å²) in [5.74, 6) is 0.613. The first-order chi connectivity index (χ1) is 13.1. The Hall–Kier alpha value is -2.85. The third kappa shape index (κ3) is 4.02. The fraction of sp³-hybridized carbons (Fsp3) is 0. The van der Waals surface area contributed by atoms with Crippen molar-refractivity contribution in [1.82, 2.24) is 15.4 Å². The zero-order chi connectivity index (χ0) is 18.8. The van der Waals surface area contributed by atoms with Crippen molar-refractivity contribution < 1.29 is 22.1 Å². The van der Waals surface area contributed by atoms with E-state index in [0.717, 1.165) is 14.7 Å². The van der Waals surface area contributed by atoms with Gasteiger partial charge in [-0.3, -0.25) is 10.1 Å². The maximum atomic E-state index is 11.2. The number of hydrogen-bond acceptors (Lipinski definition) is 4. The van der Waals surface area contributed by atoms with Gasteiger partial charge in [-0.15, -0.1) is 0 Å². The van der Waals surface area contributed by atoms with Gasteiger partial charge in [-0.25, -0.2) is 0 Å². The predicted octanol–water partition coefficient (Wildman–Crippen LogP) is 0.932. The average molecular weight is 506 g/mol. The normalized spacial score (nSPS) is 10.3. The van der Waals surface area contributed by atoms with Crippen LogP contribution in [0.1, 0.15) is 0 Å². The maximum Gasteiger partial charge on any atom is 0.313 e. The van der Waals surface area contributed by atoms with Crippen LogP contribution in [0.25, 0.3) is 28.2 Å². The number of nitro benzene ring substituents is 1. The van der Waals surface area contributed by atoms with Gasteiger partial charge in [-0.1, -0.05) is 30.3 Å². The molecule has 9 heteroatoms. The lowest BCUT2D eigenvalue weighted by molar-refractivity contribution is -0.715. The van der Waals surface area contributed by atoms with Gasteiger partial charge in [-0.2, -0.15) is 5.10 Å². The summed E-state index contributed by atoms with van der Waals surface area (Å²) in [6, 6.07) is 22.1. The molecule has 4 rings (SSSR count). The van der Waals surface area contributed by atoms with E-state index in [4.69, 9.17) is 0 Å². The van der Waals surface area contributed by atoms with Gasteiger partial charge in [0, 0.05) is 26.8 Å². The standard InChI is InChI=1S/C19H12IN5O2.ClH/c20-15-8-6-13(7-9-15)17-12-16(25(26)27)10-11-18(17)24-22-19(21-23-24)14-4-2-1-3-5-14;/h1-12H;1H. The summed E-state index contributed by atoms with van der Waals surface area (Å²) in [6.07, 6.45) is 0. The molecule has 0 aliphatic carbocycles. The predicted molar refractivity (Wildman–Crippen MR) is 108 cm³/mol. The van der Waals surface area contributed by atoms with E-state index >= 15 is 0 Å². The number of nitrogens with one attached hydrogen (secondary N) is 1. The number of rotatable bonds is 4. The van der Waals surface area contributed by atoms with Crippen LogP contribution in [0.2, 0.25) is 0 Å². The largest absolute Gasteiger partial charge is 1.00 e. The van der Waals surface area contributed by atoms with Gasteiger partial charge >= 0.3 is 5.82 Å². The molecule has 0 saturated carbocycles. The molecule has 1 aromatic heterocycles. The summed E-state index contributed by atoms with van der Waals surface area (Å²) in [4.78, 5) is 12.4. The monoisotopic (exact) mass is 505 g/mol. The summed E-state index contributed by atoms with van der Waals surface area (Å²) in [7, 11) is 0. The molecule has 4 aromatic rings. The zero-order valence-electron chi connectivity index (χ0n) is 14.3. The number of non-ortho nitro benzene ring substituents is 1. The fourth-order valence-electron chi connectivity index (χ4n) is 2.74. The molecule has 1 heterocycles. The first-order valence-corrected chi connectivity index (χ1v) is 9.15. The SMILES string of the molecule is O=[N+]([O-])c1ccc(-[n+]2nnc(-c3ccccc3)[nH]2)c(-c2ccc(I)cc2)c1.[Cl-]. The number of hydrogen-bond donors (Lipinski definition) is 1. The van der Waals surface area contributed by atoms with E-state index in [2.05, 4.69) is 38.0 Å². The molecule has 140 valence electrons. The van der Waals surface area contributed by atoms with Crippen LogP contribution in [0.3, 0.4) is 0 Å². The number of tetrazole rings is 1. The summed E-state index contributed by atoms with van der Waals surface area (Å²) < 4.78 is 1.09. The van der Waals surface area contributed by atoms with Crippen molar-refractivity contribution in [2.24, 2.45) is 0 Å². The number of benzene rings is 3. The minimum absolute atomic E-state index is 0. The van der Waals surface area contributed by atoms with Gasteiger partial charge < -0.3 is 12.4 Å². The Morgan fingerprint density at radius 2 is 1.68 bits per heavy atom. The molecule has 0 fully saturated rings. The minimum atomic E-state index is -0.402. The highest BCUT2D eigenvalue weighted by Crippen LogP contribution is 2.28. The molecular formula is C19H13ClIN5O2. The lowest BCUT2D eigenvalue weighted by atomic mass is 10.0. The van der Waals surface area contributed by atoms with E-state index in [0.29, 0.717) is 17.1 Å². The van der Waals surface area contributed by atoms with Gasteiger partial charge in [-0.05, 0) is 63.3 Å². The fourth-order valence-corrected chi connectivity index (χ4v) is 3.10. The molecule has 0 aliphatic rings. The molecule has 0 amide bonds. The minimum Gasteiger partial charge on any atom is -1.00 e. The van der Waals surface area contributed by atoms with E-state index in [9.17, 15) is 10.1 Å². The first-order valence-electron chi connectivity index (χ1n) is 8.07. The van der Waals surface area contributed by atoms with Crippen LogP contribution in [0.15, 0.2) is 72.8 Å². The summed E-state index contributed by atoms with van der Waals surface area (Å²) >= 11 is 2.22. The lowest BCUT2D eigenvalue weighted by Crippen LogP contribution is -3.00. The van der Waals surface area contributed by atoms with Crippen LogP contribution in [0.4, 0.5) is 5.69 Å². The molecule has 0 spiro atoms. The second-order valence-corrected chi connectivity index (χ2v) is 7.04. The van der Waals surface area contributed by atoms with Crippen molar-refractivity contribution in [3.05, 3.63) is 86.5 Å². The molecule has 3 aromatic carbocycles. The van der Waals surface area contributed by atoms with Crippen LogP contribution >= 0.6 is 22.6 Å². The summed E-state index contributed by atoms with van der Waals surface area (Å²) in [5.41, 5.74) is 3.16. The maximum absolute atomic E-state index is 11.2. The quantitative estimate of drug-likeness (QED) is 0.193. The van der Waals surface area contributed by atoms with Crippen LogP contribution in [-0.2, 0) is 0 Å². The van der Waals surface area contributed by atoms with Crippen LogP contribution < -0.4 is 17.2 Å². The Labute approximate surface area is 180 Å².